The molecule has 5 heteroatoms. The highest BCUT2D eigenvalue weighted by molar-refractivity contribution is 5.84. The highest BCUT2D eigenvalue weighted by Gasteiger charge is 2.12. The third-order valence-electron chi connectivity index (χ3n) is 1.46. The second-order valence-electron chi connectivity index (χ2n) is 2.35. The fourth-order valence-corrected chi connectivity index (χ4v) is 0.783. The first-order valence-corrected chi connectivity index (χ1v) is 3.44. The molecular formula is C7H10N2O3. The van der Waals surface area contributed by atoms with Crippen LogP contribution < -0.4 is 11.5 Å². The molecule has 0 bridgehead atoms. The van der Waals surface area contributed by atoms with Gasteiger partial charge in [-0.3, -0.25) is 0 Å². The van der Waals surface area contributed by atoms with Gasteiger partial charge in [-0.1, -0.05) is 0 Å². The summed E-state index contributed by atoms with van der Waals surface area (Å²) < 4.78 is 4.89. The van der Waals surface area contributed by atoms with Crippen molar-refractivity contribution in [2.24, 2.45) is 11.5 Å². The molecule has 0 fully saturated rings. The van der Waals surface area contributed by atoms with E-state index in [2.05, 4.69) is 0 Å². The van der Waals surface area contributed by atoms with Crippen LogP contribution in [-0.4, -0.2) is 17.6 Å². The highest BCUT2D eigenvalue weighted by atomic mass is 16.4. The minimum absolute atomic E-state index is 0.117. The standard InChI is InChI=1S/C7H10N2O3/c8-3-4(9)5-1-2-6(12-5)7(10)11/h1-2,4H,3,8-9H2,(H,10,11)/t4-/m0/s1. The van der Waals surface area contributed by atoms with Crippen molar-refractivity contribution in [3.63, 3.8) is 0 Å². The zero-order valence-corrected chi connectivity index (χ0v) is 6.36. The fraction of sp³-hybridized carbons (Fsp3) is 0.286. The summed E-state index contributed by atoms with van der Waals surface area (Å²) in [6.45, 7) is 0.229. The van der Waals surface area contributed by atoms with Gasteiger partial charge in [-0.25, -0.2) is 4.79 Å². The van der Waals surface area contributed by atoms with Crippen LogP contribution in [0.4, 0.5) is 0 Å². The van der Waals surface area contributed by atoms with Gasteiger partial charge >= 0.3 is 5.97 Å². The summed E-state index contributed by atoms with van der Waals surface area (Å²) >= 11 is 0. The average molecular weight is 170 g/mol. The smallest absolute Gasteiger partial charge is 0.371 e. The van der Waals surface area contributed by atoms with Gasteiger partial charge in [0.2, 0.25) is 5.76 Å². The largest absolute Gasteiger partial charge is 0.475 e. The van der Waals surface area contributed by atoms with E-state index < -0.39 is 12.0 Å². The molecule has 12 heavy (non-hydrogen) atoms. The Morgan fingerprint density at radius 3 is 2.75 bits per heavy atom. The quantitative estimate of drug-likeness (QED) is 0.589. The number of hydrogen-bond acceptors (Lipinski definition) is 4. The van der Waals surface area contributed by atoms with Crippen LogP contribution in [0.15, 0.2) is 16.5 Å². The van der Waals surface area contributed by atoms with Gasteiger partial charge in [0.05, 0.1) is 6.04 Å². The fourth-order valence-electron chi connectivity index (χ4n) is 0.783. The van der Waals surface area contributed by atoms with Gasteiger partial charge in [-0.15, -0.1) is 0 Å². The number of carboxylic acid groups (broad SMARTS) is 1. The summed E-state index contributed by atoms with van der Waals surface area (Å²) in [5.74, 6) is -0.825. The van der Waals surface area contributed by atoms with Crippen LogP contribution in [0.5, 0.6) is 0 Å². The lowest BCUT2D eigenvalue weighted by Gasteiger charge is -2.02. The van der Waals surface area contributed by atoms with E-state index in [0.717, 1.165) is 0 Å². The molecule has 0 aliphatic heterocycles. The lowest BCUT2D eigenvalue weighted by molar-refractivity contribution is 0.0660. The first-order valence-electron chi connectivity index (χ1n) is 3.44. The van der Waals surface area contributed by atoms with Crippen molar-refractivity contribution in [2.45, 2.75) is 6.04 Å². The monoisotopic (exact) mass is 170 g/mol. The maximum absolute atomic E-state index is 10.4. The predicted octanol–water partition coefficient (Wildman–Crippen LogP) is -0.0637. The molecule has 1 aromatic rings. The molecule has 5 nitrogen and oxygen atoms in total. The molecule has 0 aromatic carbocycles. The van der Waals surface area contributed by atoms with Crippen molar-refractivity contribution in [1.82, 2.24) is 0 Å². The van der Waals surface area contributed by atoms with E-state index in [1.807, 2.05) is 0 Å². The molecule has 1 heterocycles. The van der Waals surface area contributed by atoms with Crippen LogP contribution in [0.25, 0.3) is 0 Å². The van der Waals surface area contributed by atoms with Crippen LogP contribution in [0.1, 0.15) is 22.4 Å². The molecule has 0 unspecified atom stereocenters. The zero-order valence-electron chi connectivity index (χ0n) is 6.36. The van der Waals surface area contributed by atoms with E-state index in [1.165, 1.54) is 12.1 Å². The molecular weight excluding hydrogens is 160 g/mol. The van der Waals surface area contributed by atoms with E-state index >= 15 is 0 Å². The molecule has 0 saturated carbocycles. The number of carbonyl (C=O) groups is 1. The summed E-state index contributed by atoms with van der Waals surface area (Å²) in [6.07, 6.45) is 0. The number of rotatable bonds is 3. The topological polar surface area (TPSA) is 102 Å². The SMILES string of the molecule is NC[C@H](N)c1ccc(C(=O)O)o1. The Kier molecular flexibility index (Phi) is 2.47. The first kappa shape index (κ1) is 8.76. The molecule has 0 aliphatic carbocycles. The lowest BCUT2D eigenvalue weighted by atomic mass is 10.2. The van der Waals surface area contributed by atoms with Crippen molar-refractivity contribution in [2.75, 3.05) is 6.54 Å². The van der Waals surface area contributed by atoms with Crippen LogP contribution >= 0.6 is 0 Å². The van der Waals surface area contributed by atoms with Crippen LogP contribution in [-0.2, 0) is 0 Å². The van der Waals surface area contributed by atoms with Crippen LogP contribution in [0, 0.1) is 0 Å². The Morgan fingerprint density at radius 2 is 2.33 bits per heavy atom. The van der Waals surface area contributed by atoms with E-state index in [4.69, 9.17) is 21.0 Å². The summed E-state index contributed by atoms with van der Waals surface area (Å²) in [5, 5.41) is 8.49. The number of carboxylic acids is 1. The normalized spacial score (nSPS) is 12.8. The molecule has 1 rings (SSSR count). The summed E-state index contributed by atoms with van der Waals surface area (Å²) in [7, 11) is 0. The van der Waals surface area contributed by atoms with Crippen LogP contribution in [0.2, 0.25) is 0 Å². The maximum atomic E-state index is 10.4. The van der Waals surface area contributed by atoms with Crippen molar-refractivity contribution in [3.8, 4) is 0 Å². The van der Waals surface area contributed by atoms with Crippen molar-refractivity contribution < 1.29 is 14.3 Å². The Morgan fingerprint density at radius 1 is 1.67 bits per heavy atom. The van der Waals surface area contributed by atoms with E-state index in [1.54, 1.807) is 0 Å². The minimum Gasteiger partial charge on any atom is -0.475 e. The van der Waals surface area contributed by atoms with Gasteiger partial charge in [0.1, 0.15) is 5.76 Å². The van der Waals surface area contributed by atoms with E-state index in [-0.39, 0.29) is 12.3 Å². The van der Waals surface area contributed by atoms with Crippen molar-refractivity contribution >= 4 is 5.97 Å². The second kappa shape index (κ2) is 3.38. The van der Waals surface area contributed by atoms with Gasteiger partial charge in [0, 0.05) is 6.54 Å². The van der Waals surface area contributed by atoms with Crippen molar-refractivity contribution in [3.05, 3.63) is 23.7 Å². The van der Waals surface area contributed by atoms with Gasteiger partial charge in [0.15, 0.2) is 0 Å². The summed E-state index contributed by atoms with van der Waals surface area (Å²) in [5.41, 5.74) is 10.8. The molecule has 1 aromatic heterocycles. The van der Waals surface area contributed by atoms with Gasteiger partial charge in [0.25, 0.3) is 0 Å². The predicted molar refractivity (Wildman–Crippen MR) is 41.7 cm³/mol. The van der Waals surface area contributed by atoms with E-state index in [0.29, 0.717) is 5.76 Å². The Labute approximate surface area is 69.0 Å². The lowest BCUT2D eigenvalue weighted by Crippen LogP contribution is -2.20. The van der Waals surface area contributed by atoms with E-state index in [9.17, 15) is 4.79 Å². The third kappa shape index (κ3) is 1.63. The molecule has 1 atom stereocenters. The molecule has 0 saturated heterocycles. The average Bonchev–Trinajstić information content (AvgIpc) is 2.51. The minimum atomic E-state index is -1.11. The molecule has 66 valence electrons. The van der Waals surface area contributed by atoms with Gasteiger partial charge < -0.3 is 21.0 Å². The number of nitrogens with two attached hydrogens (primary N) is 2. The van der Waals surface area contributed by atoms with Crippen LogP contribution in [0.3, 0.4) is 0 Å². The van der Waals surface area contributed by atoms with Gasteiger partial charge in [-0.2, -0.15) is 0 Å². The molecule has 5 N–H and O–H groups in total. The zero-order chi connectivity index (χ0) is 9.14. The number of furan rings is 1. The Hall–Kier alpha value is -1.33. The number of aromatic carboxylic acids is 1. The third-order valence-corrected chi connectivity index (χ3v) is 1.46. The van der Waals surface area contributed by atoms with Crippen molar-refractivity contribution in [1.29, 1.82) is 0 Å². The molecule has 0 radical (unpaired) electrons. The molecule has 0 aliphatic rings. The highest BCUT2D eigenvalue weighted by Crippen LogP contribution is 2.13. The van der Waals surface area contributed by atoms with Gasteiger partial charge in [-0.05, 0) is 12.1 Å². The molecule has 0 amide bonds. The Balaban J connectivity index is 2.84. The Bertz CT molecular complexity index is 282. The summed E-state index contributed by atoms with van der Waals surface area (Å²) in [4.78, 5) is 10.4. The summed E-state index contributed by atoms with van der Waals surface area (Å²) in [6, 6.07) is 2.44. The maximum Gasteiger partial charge on any atom is 0.371 e. The number of hydrogen-bond donors (Lipinski definition) is 3. The molecule has 0 spiro atoms. The first-order chi connectivity index (χ1) is 5.65. The second-order valence-corrected chi connectivity index (χ2v) is 2.35.